The number of hydrogen-bond acceptors (Lipinski definition) is 5. The minimum atomic E-state index is -0.382. The predicted octanol–water partition coefficient (Wildman–Crippen LogP) is 1.03. The topological polar surface area (TPSA) is 90.2 Å². The first-order valence-corrected chi connectivity index (χ1v) is 6.15. The molecule has 0 bridgehead atoms. The fourth-order valence-corrected chi connectivity index (χ4v) is 2.51. The Balaban J connectivity index is 2.18. The molecule has 1 heterocycles. The lowest BCUT2D eigenvalue weighted by Gasteiger charge is -2.33. The minimum Gasteiger partial charge on any atom is -0.349 e. The molecule has 1 saturated carbocycles. The normalized spacial score (nSPS) is 23.9. The highest BCUT2D eigenvalue weighted by Crippen LogP contribution is 2.30. The van der Waals surface area contributed by atoms with E-state index in [9.17, 15) is 10.1 Å². The number of nitro groups is 1. The Labute approximate surface area is 106 Å². The van der Waals surface area contributed by atoms with Gasteiger partial charge in [-0.05, 0) is 25.7 Å². The van der Waals surface area contributed by atoms with Gasteiger partial charge in [0, 0.05) is 26.2 Å². The van der Waals surface area contributed by atoms with Gasteiger partial charge in [0.05, 0.1) is 4.92 Å². The van der Waals surface area contributed by atoms with Crippen molar-refractivity contribution in [3.8, 4) is 0 Å². The van der Waals surface area contributed by atoms with Crippen LogP contribution in [-0.2, 0) is 7.05 Å². The van der Waals surface area contributed by atoms with E-state index in [-0.39, 0.29) is 16.7 Å². The number of anilines is 1. The van der Waals surface area contributed by atoms with Gasteiger partial charge >= 0.3 is 5.69 Å². The molecule has 1 aliphatic carbocycles. The molecular formula is C11H19N5O2. The van der Waals surface area contributed by atoms with E-state index in [1.165, 1.54) is 10.9 Å². The maximum atomic E-state index is 11.0. The molecule has 7 nitrogen and oxygen atoms in total. The van der Waals surface area contributed by atoms with E-state index in [0.717, 1.165) is 25.7 Å². The summed E-state index contributed by atoms with van der Waals surface area (Å²) in [5, 5.41) is 15.2. The summed E-state index contributed by atoms with van der Waals surface area (Å²) in [4.78, 5) is 12.5. The zero-order chi connectivity index (χ0) is 13.3. The van der Waals surface area contributed by atoms with Crippen LogP contribution in [0.25, 0.3) is 0 Å². The number of nitrogens with two attached hydrogens (primary N) is 1. The van der Waals surface area contributed by atoms with E-state index >= 15 is 0 Å². The molecule has 0 atom stereocenters. The molecule has 0 saturated heterocycles. The van der Waals surface area contributed by atoms with Gasteiger partial charge in [0.25, 0.3) is 0 Å². The average Bonchev–Trinajstić information content (AvgIpc) is 2.71. The van der Waals surface area contributed by atoms with Gasteiger partial charge < -0.3 is 10.6 Å². The van der Waals surface area contributed by atoms with Crippen molar-refractivity contribution >= 4 is 11.5 Å². The Morgan fingerprint density at radius 2 is 2.11 bits per heavy atom. The molecule has 100 valence electrons. The van der Waals surface area contributed by atoms with Gasteiger partial charge in [0.1, 0.15) is 6.20 Å². The van der Waals surface area contributed by atoms with Gasteiger partial charge in [0.2, 0.25) is 5.82 Å². The summed E-state index contributed by atoms with van der Waals surface area (Å²) in [6.45, 7) is 0. The molecule has 1 aromatic rings. The van der Waals surface area contributed by atoms with Crippen molar-refractivity contribution in [2.75, 3.05) is 11.9 Å². The molecular weight excluding hydrogens is 234 g/mol. The van der Waals surface area contributed by atoms with E-state index in [2.05, 4.69) is 5.10 Å². The Morgan fingerprint density at radius 1 is 1.50 bits per heavy atom. The Morgan fingerprint density at radius 3 is 2.67 bits per heavy atom. The molecule has 1 aromatic heterocycles. The number of nitrogens with zero attached hydrogens (tertiary/aromatic N) is 4. The molecule has 2 rings (SSSR count). The van der Waals surface area contributed by atoms with Crippen LogP contribution < -0.4 is 10.6 Å². The molecule has 0 amide bonds. The van der Waals surface area contributed by atoms with Crippen molar-refractivity contribution in [2.24, 2.45) is 12.8 Å². The summed E-state index contributed by atoms with van der Waals surface area (Å²) in [5.41, 5.74) is 5.94. The van der Waals surface area contributed by atoms with Crippen molar-refractivity contribution in [1.29, 1.82) is 0 Å². The lowest BCUT2D eigenvalue weighted by Crippen LogP contribution is -2.39. The fourth-order valence-electron chi connectivity index (χ4n) is 2.51. The second-order valence-corrected chi connectivity index (χ2v) is 4.95. The maximum Gasteiger partial charge on any atom is 0.330 e. The van der Waals surface area contributed by atoms with Crippen LogP contribution >= 0.6 is 0 Å². The Hall–Kier alpha value is -1.63. The van der Waals surface area contributed by atoms with Crippen molar-refractivity contribution in [2.45, 2.75) is 37.8 Å². The lowest BCUT2D eigenvalue weighted by molar-refractivity contribution is -0.384. The van der Waals surface area contributed by atoms with E-state index < -0.39 is 0 Å². The Kier molecular flexibility index (Phi) is 3.51. The van der Waals surface area contributed by atoms with E-state index in [1.54, 1.807) is 7.05 Å². The van der Waals surface area contributed by atoms with Crippen LogP contribution in [0.15, 0.2) is 6.20 Å². The quantitative estimate of drug-likeness (QED) is 0.642. The summed E-state index contributed by atoms with van der Waals surface area (Å²) in [6, 6.07) is 0.562. The highest BCUT2D eigenvalue weighted by molar-refractivity contribution is 5.56. The summed E-state index contributed by atoms with van der Waals surface area (Å²) < 4.78 is 1.48. The SMILES string of the molecule is CN(c1nn(C)cc1[N+](=O)[O-])C1CCC(N)CC1. The third kappa shape index (κ3) is 2.45. The summed E-state index contributed by atoms with van der Waals surface area (Å²) in [5.74, 6) is 0.447. The highest BCUT2D eigenvalue weighted by atomic mass is 16.6. The minimum absolute atomic E-state index is 0.0647. The third-order valence-electron chi connectivity index (χ3n) is 3.61. The molecule has 1 fully saturated rings. The molecule has 0 unspecified atom stereocenters. The van der Waals surface area contributed by atoms with Crippen LogP contribution in [0.3, 0.4) is 0 Å². The summed E-state index contributed by atoms with van der Waals surface area (Å²) >= 11 is 0. The molecule has 0 aromatic carbocycles. The third-order valence-corrected chi connectivity index (χ3v) is 3.61. The maximum absolute atomic E-state index is 11.0. The Bertz CT molecular complexity index is 437. The lowest BCUT2D eigenvalue weighted by atomic mass is 9.91. The second kappa shape index (κ2) is 4.93. The van der Waals surface area contributed by atoms with Gasteiger partial charge in [-0.2, -0.15) is 0 Å². The van der Waals surface area contributed by atoms with Crippen molar-refractivity contribution in [1.82, 2.24) is 9.78 Å². The van der Waals surface area contributed by atoms with Gasteiger partial charge in [-0.25, -0.2) is 0 Å². The number of rotatable bonds is 3. The average molecular weight is 253 g/mol. The first kappa shape index (κ1) is 12.8. The van der Waals surface area contributed by atoms with Crippen LogP contribution in [0.1, 0.15) is 25.7 Å². The van der Waals surface area contributed by atoms with Crippen LogP contribution in [0.5, 0.6) is 0 Å². The highest BCUT2D eigenvalue weighted by Gasteiger charge is 2.28. The standard InChI is InChI=1S/C11H19N5O2/c1-14-7-10(16(17)18)11(13-14)15(2)9-5-3-8(12)4-6-9/h7-9H,3-6,12H2,1-2H3. The van der Waals surface area contributed by atoms with Gasteiger partial charge in [-0.1, -0.05) is 0 Å². The predicted molar refractivity (Wildman–Crippen MR) is 68.5 cm³/mol. The molecule has 0 aliphatic heterocycles. The van der Waals surface area contributed by atoms with Crippen LogP contribution in [0.4, 0.5) is 11.5 Å². The van der Waals surface area contributed by atoms with Crippen molar-refractivity contribution in [3.63, 3.8) is 0 Å². The zero-order valence-electron chi connectivity index (χ0n) is 10.7. The van der Waals surface area contributed by atoms with Gasteiger partial charge in [-0.3, -0.25) is 14.8 Å². The number of aryl methyl sites for hydroxylation is 1. The second-order valence-electron chi connectivity index (χ2n) is 4.95. The zero-order valence-corrected chi connectivity index (χ0v) is 10.7. The first-order valence-electron chi connectivity index (χ1n) is 6.15. The largest absolute Gasteiger partial charge is 0.349 e. The van der Waals surface area contributed by atoms with E-state index in [1.807, 2.05) is 11.9 Å². The summed E-state index contributed by atoms with van der Waals surface area (Å²) in [6.07, 6.45) is 5.31. The molecule has 0 spiro atoms. The van der Waals surface area contributed by atoms with Crippen molar-refractivity contribution in [3.05, 3.63) is 16.3 Å². The van der Waals surface area contributed by atoms with Crippen LogP contribution in [0, 0.1) is 10.1 Å². The van der Waals surface area contributed by atoms with E-state index in [0.29, 0.717) is 11.9 Å². The molecule has 0 radical (unpaired) electrons. The molecule has 2 N–H and O–H groups in total. The summed E-state index contributed by atoms with van der Waals surface area (Å²) in [7, 11) is 3.57. The van der Waals surface area contributed by atoms with E-state index in [4.69, 9.17) is 5.73 Å². The smallest absolute Gasteiger partial charge is 0.330 e. The van der Waals surface area contributed by atoms with Crippen molar-refractivity contribution < 1.29 is 4.92 Å². The molecule has 1 aliphatic rings. The molecule has 7 heteroatoms. The van der Waals surface area contributed by atoms with Crippen LogP contribution in [-0.4, -0.2) is 33.8 Å². The first-order chi connectivity index (χ1) is 8.49. The number of aromatic nitrogens is 2. The van der Waals surface area contributed by atoms with Gasteiger partial charge in [0.15, 0.2) is 0 Å². The van der Waals surface area contributed by atoms with Crippen LogP contribution in [0.2, 0.25) is 0 Å². The fraction of sp³-hybridized carbons (Fsp3) is 0.727. The van der Waals surface area contributed by atoms with Gasteiger partial charge in [-0.15, -0.1) is 5.10 Å². The number of hydrogen-bond donors (Lipinski definition) is 1. The molecule has 18 heavy (non-hydrogen) atoms. The monoisotopic (exact) mass is 253 g/mol.